The average Bonchev–Trinajstić information content (AvgIpc) is 3.34. The quantitative estimate of drug-likeness (QED) is 0.676. The Labute approximate surface area is 142 Å². The van der Waals surface area contributed by atoms with Gasteiger partial charge in [-0.2, -0.15) is 5.26 Å². The number of halogens is 2. The van der Waals surface area contributed by atoms with E-state index in [4.69, 9.17) is 16.9 Å². The molecular formula is C18H12ClFN2O2. The Morgan fingerprint density at radius 2 is 2.12 bits per heavy atom. The summed E-state index contributed by atoms with van der Waals surface area (Å²) in [6.45, 7) is 1.70. The molecule has 0 bridgehead atoms. The third kappa shape index (κ3) is 2.46. The van der Waals surface area contributed by atoms with E-state index in [-0.39, 0.29) is 21.9 Å². The lowest BCUT2D eigenvalue weighted by Crippen LogP contribution is -2.18. The maximum absolute atomic E-state index is 14.6. The lowest BCUT2D eigenvalue weighted by Gasteiger charge is -2.19. The second-order valence-corrected chi connectivity index (χ2v) is 6.31. The Hall–Kier alpha value is -2.67. The maximum Gasteiger partial charge on any atom is 0.151 e. The topological polar surface area (TPSA) is 70.0 Å². The zero-order chi connectivity index (χ0) is 17.5. The van der Waals surface area contributed by atoms with Gasteiger partial charge in [0.25, 0.3) is 0 Å². The number of dihydropyridines is 1. The minimum Gasteiger partial charge on any atom is -0.348 e. The molecule has 1 aliphatic heterocycles. The molecule has 0 amide bonds. The van der Waals surface area contributed by atoms with Gasteiger partial charge in [-0.15, -0.1) is 0 Å². The third-order valence-corrected chi connectivity index (χ3v) is 4.66. The first-order chi connectivity index (χ1) is 11.5. The van der Waals surface area contributed by atoms with Gasteiger partial charge in [0, 0.05) is 21.9 Å². The van der Waals surface area contributed by atoms with E-state index in [1.807, 2.05) is 6.07 Å². The molecule has 3 rings (SSSR count). The van der Waals surface area contributed by atoms with Crippen LogP contribution >= 0.6 is 11.6 Å². The van der Waals surface area contributed by atoms with Gasteiger partial charge in [-0.1, -0.05) is 11.6 Å². The van der Waals surface area contributed by atoms with E-state index in [1.165, 1.54) is 12.1 Å². The normalized spacial score (nSPS) is 18.2. The number of hydrogen-bond donors (Lipinski definition) is 1. The molecule has 1 aromatic carbocycles. The molecule has 0 radical (unpaired) electrons. The highest BCUT2D eigenvalue weighted by atomic mass is 35.5. The highest BCUT2D eigenvalue weighted by molar-refractivity contribution is 6.32. The summed E-state index contributed by atoms with van der Waals surface area (Å²) < 4.78 is 14.6. The summed E-state index contributed by atoms with van der Waals surface area (Å²) in [5.74, 6) is 1.12. The molecule has 1 saturated carbocycles. The van der Waals surface area contributed by atoms with E-state index < -0.39 is 11.2 Å². The van der Waals surface area contributed by atoms with Gasteiger partial charge in [0.05, 0.1) is 11.0 Å². The van der Waals surface area contributed by atoms with Crippen molar-refractivity contribution in [2.24, 2.45) is 0 Å². The minimum atomic E-state index is -0.811. The van der Waals surface area contributed by atoms with Gasteiger partial charge in [0.2, 0.25) is 0 Å². The van der Waals surface area contributed by atoms with E-state index in [2.05, 4.69) is 5.32 Å². The Morgan fingerprint density at radius 3 is 2.62 bits per heavy atom. The van der Waals surface area contributed by atoms with Gasteiger partial charge in [-0.05, 0) is 43.5 Å². The summed E-state index contributed by atoms with van der Waals surface area (Å²) in [4.78, 5) is 22.1. The number of rotatable bonds is 3. The first kappa shape index (κ1) is 16.2. The number of aldehydes is 1. The molecule has 0 saturated heterocycles. The molecular weight excluding hydrogens is 331 g/mol. The van der Waals surface area contributed by atoms with E-state index in [1.54, 1.807) is 18.9 Å². The fourth-order valence-electron chi connectivity index (χ4n) is 2.88. The Balaban J connectivity index is 2.12. The molecule has 0 unspecified atom stereocenters. The summed E-state index contributed by atoms with van der Waals surface area (Å²) >= 11 is 6.24. The van der Waals surface area contributed by atoms with Gasteiger partial charge in [-0.25, -0.2) is 9.18 Å². The lowest BCUT2D eigenvalue weighted by molar-refractivity contribution is -0.109. The molecule has 24 heavy (non-hydrogen) atoms. The second-order valence-electron chi connectivity index (χ2n) is 5.90. The summed E-state index contributed by atoms with van der Waals surface area (Å²) in [5, 5.41) is 12.1. The zero-order valence-electron chi connectivity index (χ0n) is 12.7. The van der Waals surface area contributed by atoms with Crippen molar-refractivity contribution in [3.8, 4) is 6.07 Å². The highest BCUT2D eigenvalue weighted by Crippen LogP contribution is 2.50. The largest absolute Gasteiger partial charge is 0.348 e. The van der Waals surface area contributed by atoms with Crippen molar-refractivity contribution < 1.29 is 14.0 Å². The van der Waals surface area contributed by atoms with Gasteiger partial charge < -0.3 is 10.1 Å². The lowest BCUT2D eigenvalue weighted by atomic mass is 9.92. The fourth-order valence-corrected chi connectivity index (χ4v) is 3.28. The third-order valence-electron chi connectivity index (χ3n) is 4.36. The first-order valence-electron chi connectivity index (χ1n) is 7.27. The molecule has 1 aromatic rings. The van der Waals surface area contributed by atoms with Crippen LogP contribution in [-0.2, 0) is 15.0 Å². The Kier molecular flexibility index (Phi) is 3.88. The van der Waals surface area contributed by atoms with E-state index in [0.717, 1.165) is 6.29 Å². The maximum atomic E-state index is 14.6. The predicted octanol–water partition coefficient (Wildman–Crippen LogP) is 3.21. The van der Waals surface area contributed by atoms with Crippen LogP contribution in [0.2, 0.25) is 5.02 Å². The molecule has 4 nitrogen and oxygen atoms in total. The molecule has 120 valence electrons. The number of carbonyl (C=O) groups excluding carboxylic acids is 2. The van der Waals surface area contributed by atoms with Gasteiger partial charge in [0.15, 0.2) is 5.94 Å². The van der Waals surface area contributed by atoms with E-state index in [0.29, 0.717) is 29.7 Å². The summed E-state index contributed by atoms with van der Waals surface area (Å²) in [7, 11) is 0. The molecule has 1 heterocycles. The van der Waals surface area contributed by atoms with Crippen LogP contribution in [0.3, 0.4) is 0 Å². The monoisotopic (exact) mass is 342 g/mol. The summed E-state index contributed by atoms with van der Waals surface area (Å²) in [5.41, 5.74) is 1.15. The number of nitrogens with one attached hydrogen (secondary N) is 1. The Morgan fingerprint density at radius 1 is 1.42 bits per heavy atom. The van der Waals surface area contributed by atoms with Crippen LogP contribution in [-0.4, -0.2) is 12.2 Å². The summed E-state index contributed by atoms with van der Waals surface area (Å²) in [6.07, 6.45) is 3.41. The highest BCUT2D eigenvalue weighted by Gasteiger charge is 2.47. The Bertz CT molecular complexity index is 890. The van der Waals surface area contributed by atoms with Crippen molar-refractivity contribution in [2.45, 2.75) is 25.2 Å². The molecule has 0 spiro atoms. The van der Waals surface area contributed by atoms with Crippen LogP contribution in [0.4, 0.5) is 4.39 Å². The number of nitrogens with zero attached hydrogens (tertiary/aromatic N) is 1. The molecule has 1 fully saturated rings. The van der Waals surface area contributed by atoms with Crippen LogP contribution in [0.5, 0.6) is 0 Å². The number of hydrogen-bond acceptors (Lipinski definition) is 4. The second kappa shape index (κ2) is 5.76. The first-order valence-corrected chi connectivity index (χ1v) is 7.65. The van der Waals surface area contributed by atoms with Crippen LogP contribution in [0.15, 0.2) is 35.2 Å². The van der Waals surface area contributed by atoms with Crippen molar-refractivity contribution in [3.63, 3.8) is 0 Å². The smallest absolute Gasteiger partial charge is 0.151 e. The van der Waals surface area contributed by atoms with Crippen molar-refractivity contribution in [1.82, 2.24) is 5.32 Å². The molecule has 1 aliphatic carbocycles. The fraction of sp³-hybridized carbons (Fsp3) is 0.222. The van der Waals surface area contributed by atoms with Crippen molar-refractivity contribution in [3.05, 3.63) is 57.1 Å². The van der Waals surface area contributed by atoms with E-state index >= 15 is 0 Å². The standard InChI is InChI=1S/C18H12ClFN2O2/c1-10-13(4-12(7-21)16(8-23)22-10)11-5-14(19)17(15(20)6-11)18(9-24)2-3-18/h4-6,9,22H,2-3H2,1H3. The molecule has 2 aliphatic rings. The predicted molar refractivity (Wildman–Crippen MR) is 87.0 cm³/mol. The SMILES string of the molecule is CC1=C(c2cc(F)c(C3(C=O)CC3)c(Cl)c2)C=C(C#N)C(=C=O)N1. The van der Waals surface area contributed by atoms with Crippen LogP contribution < -0.4 is 5.32 Å². The van der Waals surface area contributed by atoms with Crippen molar-refractivity contribution >= 4 is 29.4 Å². The molecule has 1 N–H and O–H groups in total. The number of nitriles is 1. The van der Waals surface area contributed by atoms with Gasteiger partial charge in [-0.3, -0.25) is 0 Å². The zero-order valence-corrected chi connectivity index (χ0v) is 13.5. The number of benzene rings is 1. The minimum absolute atomic E-state index is 0.0415. The van der Waals surface area contributed by atoms with Crippen LogP contribution in [0.25, 0.3) is 5.57 Å². The number of allylic oxidation sites excluding steroid dienone is 4. The molecule has 0 aromatic heterocycles. The van der Waals surface area contributed by atoms with E-state index in [9.17, 15) is 14.0 Å². The van der Waals surface area contributed by atoms with Crippen molar-refractivity contribution in [2.75, 3.05) is 0 Å². The van der Waals surface area contributed by atoms with Crippen molar-refractivity contribution in [1.29, 1.82) is 5.26 Å². The van der Waals surface area contributed by atoms with Crippen LogP contribution in [0.1, 0.15) is 30.9 Å². The molecule has 6 heteroatoms. The average molecular weight is 343 g/mol. The summed E-state index contributed by atoms with van der Waals surface area (Å²) in [6, 6.07) is 4.77. The number of carbonyl (C=O) groups is 1. The van der Waals surface area contributed by atoms with Crippen LogP contribution in [0, 0.1) is 17.1 Å². The van der Waals surface area contributed by atoms with Gasteiger partial charge in [0.1, 0.15) is 23.9 Å². The molecule has 0 atom stereocenters. The van der Waals surface area contributed by atoms with Gasteiger partial charge >= 0.3 is 0 Å².